The van der Waals surface area contributed by atoms with Gasteiger partial charge in [-0.05, 0) is 61.7 Å². The molecule has 27 heavy (non-hydrogen) atoms. The summed E-state index contributed by atoms with van der Waals surface area (Å²) in [4.78, 5) is 12.6. The number of hydrogen-bond acceptors (Lipinski definition) is 4. The van der Waals surface area contributed by atoms with Gasteiger partial charge in [-0.1, -0.05) is 22.4 Å². The molecule has 7 heteroatoms. The number of nitrogens with one attached hydrogen (secondary N) is 3. The van der Waals surface area contributed by atoms with Crippen molar-refractivity contribution in [2.24, 2.45) is 11.7 Å². The fourth-order valence-electron chi connectivity index (χ4n) is 3.57. The second kappa shape index (κ2) is 7.70. The third-order valence-electron chi connectivity index (χ3n) is 5.02. The van der Waals surface area contributed by atoms with Crippen molar-refractivity contribution in [3.8, 4) is 0 Å². The van der Waals surface area contributed by atoms with E-state index in [4.69, 9.17) is 5.73 Å². The SMILES string of the molecule is NC1CCCC(C(=O)Nc2ccc3[nH]nc(Nc4ccc(Br)cc4)c3c2)C1. The molecule has 0 spiro atoms. The van der Waals surface area contributed by atoms with Crippen molar-refractivity contribution < 1.29 is 4.79 Å². The van der Waals surface area contributed by atoms with Gasteiger partial charge in [-0.15, -0.1) is 0 Å². The average Bonchev–Trinajstić information content (AvgIpc) is 3.06. The van der Waals surface area contributed by atoms with Gasteiger partial charge in [0.05, 0.1) is 5.52 Å². The number of benzene rings is 2. The van der Waals surface area contributed by atoms with E-state index in [0.29, 0.717) is 0 Å². The van der Waals surface area contributed by atoms with E-state index >= 15 is 0 Å². The number of nitrogens with zero attached hydrogens (tertiary/aromatic N) is 1. The maximum absolute atomic E-state index is 12.6. The molecule has 3 aromatic rings. The summed E-state index contributed by atoms with van der Waals surface area (Å²) in [6, 6.07) is 13.8. The van der Waals surface area contributed by atoms with E-state index in [0.717, 1.165) is 58.3 Å². The Bertz CT molecular complexity index is 953. The molecule has 6 nitrogen and oxygen atoms in total. The second-order valence-corrected chi connectivity index (χ2v) is 7.99. The average molecular weight is 428 g/mol. The number of amides is 1. The Labute approximate surface area is 166 Å². The van der Waals surface area contributed by atoms with Gasteiger partial charge in [0.1, 0.15) is 0 Å². The van der Waals surface area contributed by atoms with Crippen LogP contribution in [0.3, 0.4) is 0 Å². The number of carbonyl (C=O) groups is 1. The van der Waals surface area contributed by atoms with Gasteiger partial charge in [0.15, 0.2) is 5.82 Å². The number of fused-ring (bicyclic) bond motifs is 1. The lowest BCUT2D eigenvalue weighted by Gasteiger charge is -2.25. The lowest BCUT2D eigenvalue weighted by atomic mass is 9.85. The van der Waals surface area contributed by atoms with Crippen molar-refractivity contribution in [2.45, 2.75) is 31.7 Å². The topological polar surface area (TPSA) is 95.8 Å². The molecular weight excluding hydrogens is 406 g/mol. The van der Waals surface area contributed by atoms with E-state index in [-0.39, 0.29) is 17.9 Å². The first-order chi connectivity index (χ1) is 13.1. The van der Waals surface area contributed by atoms with E-state index in [1.165, 1.54) is 0 Å². The molecule has 1 aliphatic rings. The summed E-state index contributed by atoms with van der Waals surface area (Å²) in [6.07, 6.45) is 3.69. The maximum Gasteiger partial charge on any atom is 0.227 e. The van der Waals surface area contributed by atoms with Gasteiger partial charge in [0, 0.05) is 33.2 Å². The number of hydrogen-bond donors (Lipinski definition) is 4. The zero-order valence-electron chi connectivity index (χ0n) is 14.8. The highest BCUT2D eigenvalue weighted by molar-refractivity contribution is 9.10. The largest absolute Gasteiger partial charge is 0.338 e. The first-order valence-corrected chi connectivity index (χ1v) is 9.95. The molecule has 1 saturated carbocycles. The molecule has 140 valence electrons. The monoisotopic (exact) mass is 427 g/mol. The van der Waals surface area contributed by atoms with Crippen LogP contribution in [0.2, 0.25) is 0 Å². The third-order valence-corrected chi connectivity index (χ3v) is 5.55. The van der Waals surface area contributed by atoms with E-state index in [2.05, 4.69) is 36.8 Å². The number of nitrogens with two attached hydrogens (primary N) is 1. The van der Waals surface area contributed by atoms with Crippen molar-refractivity contribution in [3.63, 3.8) is 0 Å². The van der Waals surface area contributed by atoms with Crippen LogP contribution in [0.4, 0.5) is 17.2 Å². The normalized spacial score (nSPS) is 19.8. The minimum Gasteiger partial charge on any atom is -0.338 e. The molecule has 1 fully saturated rings. The molecule has 1 heterocycles. The Morgan fingerprint density at radius 3 is 2.70 bits per heavy atom. The van der Waals surface area contributed by atoms with Gasteiger partial charge in [0.2, 0.25) is 5.91 Å². The zero-order valence-corrected chi connectivity index (χ0v) is 16.4. The summed E-state index contributed by atoms with van der Waals surface area (Å²) in [6.45, 7) is 0. The van der Waals surface area contributed by atoms with Crippen LogP contribution in [-0.2, 0) is 4.79 Å². The minimum absolute atomic E-state index is 0.00541. The number of aromatic nitrogens is 2. The van der Waals surface area contributed by atoms with E-state index in [9.17, 15) is 4.79 Å². The van der Waals surface area contributed by atoms with Crippen molar-refractivity contribution in [2.75, 3.05) is 10.6 Å². The van der Waals surface area contributed by atoms with Crippen LogP contribution in [0.1, 0.15) is 25.7 Å². The van der Waals surface area contributed by atoms with Gasteiger partial charge in [-0.25, -0.2) is 0 Å². The van der Waals surface area contributed by atoms with Crippen LogP contribution >= 0.6 is 15.9 Å². The standard InChI is InChI=1S/C20H22BrN5O/c21-13-4-6-15(7-5-13)23-19-17-11-16(8-9-18(17)25-26-19)24-20(27)12-2-1-3-14(22)10-12/h4-9,11-12,14H,1-3,10,22H2,(H,24,27)(H2,23,25,26). The van der Waals surface area contributed by atoms with Gasteiger partial charge >= 0.3 is 0 Å². The highest BCUT2D eigenvalue weighted by atomic mass is 79.9. The highest BCUT2D eigenvalue weighted by Crippen LogP contribution is 2.29. The number of carbonyl (C=O) groups excluding carboxylic acids is 1. The van der Waals surface area contributed by atoms with E-state index in [1.54, 1.807) is 0 Å². The van der Waals surface area contributed by atoms with Crippen molar-refractivity contribution >= 4 is 49.9 Å². The number of H-pyrrole nitrogens is 1. The Kier molecular flexibility index (Phi) is 5.13. The zero-order chi connectivity index (χ0) is 18.8. The molecule has 2 atom stereocenters. The highest BCUT2D eigenvalue weighted by Gasteiger charge is 2.25. The lowest BCUT2D eigenvalue weighted by Crippen LogP contribution is -2.34. The predicted molar refractivity (Wildman–Crippen MR) is 112 cm³/mol. The second-order valence-electron chi connectivity index (χ2n) is 7.08. The molecule has 4 rings (SSSR count). The maximum atomic E-state index is 12.6. The summed E-state index contributed by atoms with van der Waals surface area (Å²) < 4.78 is 1.02. The molecule has 2 aromatic carbocycles. The first-order valence-electron chi connectivity index (χ1n) is 9.15. The first kappa shape index (κ1) is 18.0. The smallest absolute Gasteiger partial charge is 0.227 e. The van der Waals surface area contributed by atoms with Gasteiger partial charge in [-0.2, -0.15) is 5.10 Å². The van der Waals surface area contributed by atoms with Crippen molar-refractivity contribution in [1.82, 2.24) is 10.2 Å². The molecular formula is C20H22BrN5O. The van der Waals surface area contributed by atoms with Gasteiger partial charge in [0.25, 0.3) is 0 Å². The number of anilines is 3. The van der Waals surface area contributed by atoms with Crippen LogP contribution in [0.5, 0.6) is 0 Å². The fraction of sp³-hybridized carbons (Fsp3) is 0.300. The van der Waals surface area contributed by atoms with Gasteiger partial charge < -0.3 is 16.4 Å². The summed E-state index contributed by atoms with van der Waals surface area (Å²) in [5.74, 6) is 0.771. The van der Waals surface area contributed by atoms with Crippen LogP contribution < -0.4 is 16.4 Å². The van der Waals surface area contributed by atoms with Crippen molar-refractivity contribution in [3.05, 3.63) is 46.9 Å². The van der Waals surface area contributed by atoms with Crippen LogP contribution in [0, 0.1) is 5.92 Å². The Morgan fingerprint density at radius 1 is 1.15 bits per heavy atom. The fourth-order valence-corrected chi connectivity index (χ4v) is 3.83. The summed E-state index contributed by atoms with van der Waals surface area (Å²) >= 11 is 3.43. The molecule has 1 aliphatic carbocycles. The summed E-state index contributed by atoms with van der Waals surface area (Å²) in [5, 5.41) is 14.7. The molecule has 1 amide bonds. The van der Waals surface area contributed by atoms with Crippen LogP contribution in [-0.4, -0.2) is 22.1 Å². The van der Waals surface area contributed by atoms with E-state index in [1.807, 2.05) is 42.5 Å². The quantitative estimate of drug-likeness (QED) is 0.491. The Morgan fingerprint density at radius 2 is 1.93 bits per heavy atom. The molecule has 1 aromatic heterocycles. The lowest BCUT2D eigenvalue weighted by molar-refractivity contribution is -0.120. The summed E-state index contributed by atoms with van der Waals surface area (Å²) in [5.41, 5.74) is 8.64. The molecule has 2 unspecified atom stereocenters. The Hall–Kier alpha value is -2.38. The molecule has 5 N–H and O–H groups in total. The van der Waals surface area contributed by atoms with Crippen molar-refractivity contribution in [1.29, 1.82) is 0 Å². The number of rotatable bonds is 4. The molecule has 0 radical (unpaired) electrons. The van der Waals surface area contributed by atoms with E-state index < -0.39 is 0 Å². The molecule has 0 saturated heterocycles. The van der Waals surface area contributed by atoms with Crippen LogP contribution in [0.15, 0.2) is 46.9 Å². The van der Waals surface area contributed by atoms with Crippen LogP contribution in [0.25, 0.3) is 10.9 Å². The molecule has 0 aliphatic heterocycles. The Balaban J connectivity index is 1.52. The predicted octanol–water partition coefficient (Wildman–Crippen LogP) is 4.53. The number of aromatic amines is 1. The number of halogens is 1. The minimum atomic E-state index is -0.00541. The third kappa shape index (κ3) is 4.14. The molecule has 0 bridgehead atoms. The van der Waals surface area contributed by atoms with Gasteiger partial charge in [-0.3, -0.25) is 9.89 Å². The summed E-state index contributed by atoms with van der Waals surface area (Å²) in [7, 11) is 0.